The van der Waals surface area contributed by atoms with Crippen molar-refractivity contribution < 1.29 is 13.2 Å². The molecule has 2 aromatic rings. The van der Waals surface area contributed by atoms with Crippen LogP contribution in [-0.2, 0) is 16.1 Å². The van der Waals surface area contributed by atoms with Crippen LogP contribution in [0.25, 0.3) is 0 Å². The van der Waals surface area contributed by atoms with Crippen LogP contribution in [0, 0.1) is 0 Å². The smallest absolute Gasteiger partial charge is 0.270 e. The van der Waals surface area contributed by atoms with Crippen molar-refractivity contribution in [2.24, 2.45) is 7.05 Å². The monoisotopic (exact) mass is 333 g/mol. The molecule has 1 amide bonds. The molecule has 0 bridgehead atoms. The number of hydrogen-bond donors (Lipinski definition) is 1. The first-order valence-corrected chi connectivity index (χ1v) is 8.74. The van der Waals surface area contributed by atoms with Crippen molar-refractivity contribution in [1.29, 1.82) is 0 Å². The van der Waals surface area contributed by atoms with Crippen LogP contribution in [-0.4, -0.2) is 24.1 Å². The minimum absolute atomic E-state index is 0.0663. The van der Waals surface area contributed by atoms with Gasteiger partial charge in [-0.3, -0.25) is 9.48 Å². The molecule has 0 aliphatic carbocycles. The molecule has 2 aromatic heterocycles. The average Bonchev–Trinajstić information content (AvgIpc) is 2.95. The molecule has 0 aliphatic rings. The van der Waals surface area contributed by atoms with Gasteiger partial charge in [-0.1, -0.05) is 0 Å². The molecule has 1 unspecified atom stereocenters. The molecule has 20 heavy (non-hydrogen) atoms. The Balaban J connectivity index is 2.10. The van der Waals surface area contributed by atoms with E-state index in [1.54, 1.807) is 26.2 Å². The number of amides is 1. The highest BCUT2D eigenvalue weighted by Gasteiger charge is 2.18. The van der Waals surface area contributed by atoms with E-state index in [-0.39, 0.29) is 16.2 Å². The summed E-state index contributed by atoms with van der Waals surface area (Å²) in [7, 11) is 3.26. The van der Waals surface area contributed by atoms with Crippen molar-refractivity contribution in [2.75, 3.05) is 0 Å². The van der Waals surface area contributed by atoms with Gasteiger partial charge < -0.3 is 5.32 Å². The van der Waals surface area contributed by atoms with E-state index in [9.17, 15) is 13.2 Å². The van der Waals surface area contributed by atoms with Crippen molar-refractivity contribution in [2.45, 2.75) is 17.2 Å². The Labute approximate surface area is 124 Å². The van der Waals surface area contributed by atoms with E-state index in [4.69, 9.17) is 10.7 Å². The first kappa shape index (κ1) is 15.0. The van der Waals surface area contributed by atoms with Crippen molar-refractivity contribution in [1.82, 2.24) is 15.1 Å². The lowest BCUT2D eigenvalue weighted by Crippen LogP contribution is -2.25. The molecule has 0 fully saturated rings. The molecule has 0 saturated carbocycles. The Kier molecular flexibility index (Phi) is 4.17. The van der Waals surface area contributed by atoms with Gasteiger partial charge >= 0.3 is 0 Å². The Morgan fingerprint density at radius 2 is 2.20 bits per heavy atom. The number of carbonyl (C=O) groups is 1. The van der Waals surface area contributed by atoms with Crippen molar-refractivity contribution in [3.05, 3.63) is 35.0 Å². The Bertz CT molecular complexity index is 736. The summed E-state index contributed by atoms with van der Waals surface area (Å²) in [5, 5.41) is 6.69. The third-order valence-electron chi connectivity index (χ3n) is 2.58. The molecule has 6 nitrogen and oxygen atoms in total. The second-order valence-electron chi connectivity index (χ2n) is 4.19. The van der Waals surface area contributed by atoms with E-state index >= 15 is 0 Å². The quantitative estimate of drug-likeness (QED) is 0.866. The molecule has 1 N–H and O–H groups in total. The zero-order chi connectivity index (χ0) is 14.9. The van der Waals surface area contributed by atoms with E-state index in [0.717, 1.165) is 11.3 Å². The van der Waals surface area contributed by atoms with E-state index in [2.05, 4.69) is 10.4 Å². The normalized spacial score (nSPS) is 13.2. The van der Waals surface area contributed by atoms with Crippen LogP contribution in [0.15, 0.2) is 28.7 Å². The summed E-state index contributed by atoms with van der Waals surface area (Å²) in [4.78, 5) is 12.7. The lowest BCUT2D eigenvalue weighted by Gasteiger charge is -2.10. The zero-order valence-electron chi connectivity index (χ0n) is 10.7. The standard InChI is InChI=1S/C11H12ClN3O3S2/c1-7(9-3-4-10(19-9)20(12,17)18)14-11(16)8-5-13-15(2)6-8/h3-7H,1-2H3,(H,14,16). The number of aryl methyl sites for hydroxylation is 1. The molecule has 1 atom stereocenters. The van der Waals surface area contributed by atoms with E-state index in [1.165, 1.54) is 16.9 Å². The van der Waals surface area contributed by atoms with E-state index < -0.39 is 9.05 Å². The summed E-state index contributed by atoms with van der Waals surface area (Å²) in [6.45, 7) is 1.77. The summed E-state index contributed by atoms with van der Waals surface area (Å²) in [5.41, 5.74) is 0.445. The Morgan fingerprint density at radius 1 is 1.50 bits per heavy atom. The first-order chi connectivity index (χ1) is 9.27. The number of hydrogen-bond acceptors (Lipinski definition) is 5. The minimum atomic E-state index is -3.73. The number of nitrogens with zero attached hydrogens (tertiary/aromatic N) is 2. The summed E-state index contributed by atoms with van der Waals surface area (Å²) < 4.78 is 24.0. The Hall–Kier alpha value is -1.38. The van der Waals surface area contributed by atoms with Gasteiger partial charge in [0.2, 0.25) is 0 Å². The van der Waals surface area contributed by atoms with Gasteiger partial charge in [-0.2, -0.15) is 5.10 Å². The van der Waals surface area contributed by atoms with Crippen LogP contribution in [0.4, 0.5) is 0 Å². The second-order valence-corrected chi connectivity index (χ2v) is 8.10. The fraction of sp³-hybridized carbons (Fsp3) is 0.273. The molecule has 0 aromatic carbocycles. The largest absolute Gasteiger partial charge is 0.345 e. The van der Waals surface area contributed by atoms with Crippen molar-refractivity contribution >= 4 is 37.0 Å². The molecule has 0 saturated heterocycles. The lowest BCUT2D eigenvalue weighted by molar-refractivity contribution is 0.0940. The number of halogens is 1. The molecule has 9 heteroatoms. The summed E-state index contributed by atoms with van der Waals surface area (Å²) in [5.74, 6) is -0.269. The third-order valence-corrected chi connectivity index (χ3v) is 5.94. The maximum atomic E-state index is 11.9. The molecule has 0 aliphatic heterocycles. The molecule has 0 spiro atoms. The fourth-order valence-electron chi connectivity index (χ4n) is 1.59. The third kappa shape index (κ3) is 3.38. The molecule has 108 valence electrons. The second kappa shape index (κ2) is 5.55. The molecular weight excluding hydrogens is 322 g/mol. The van der Waals surface area contributed by atoms with Gasteiger partial charge in [-0.15, -0.1) is 11.3 Å². The van der Waals surface area contributed by atoms with Gasteiger partial charge in [0.1, 0.15) is 4.21 Å². The van der Waals surface area contributed by atoms with Crippen LogP contribution < -0.4 is 5.32 Å². The van der Waals surface area contributed by atoms with E-state index in [0.29, 0.717) is 10.4 Å². The Morgan fingerprint density at radius 3 is 2.70 bits per heavy atom. The summed E-state index contributed by atoms with van der Waals surface area (Å²) in [6, 6.07) is 2.74. The number of rotatable bonds is 4. The van der Waals surface area contributed by atoms with Gasteiger partial charge in [0.05, 0.1) is 17.8 Å². The lowest BCUT2D eigenvalue weighted by atomic mass is 10.2. The number of carbonyl (C=O) groups excluding carboxylic acids is 1. The highest BCUT2D eigenvalue weighted by atomic mass is 35.7. The summed E-state index contributed by atoms with van der Waals surface area (Å²) in [6.07, 6.45) is 3.07. The predicted octanol–water partition coefficient (Wildman–Crippen LogP) is 1.90. The molecule has 2 rings (SSSR count). The maximum Gasteiger partial charge on any atom is 0.270 e. The highest BCUT2D eigenvalue weighted by Crippen LogP contribution is 2.28. The topological polar surface area (TPSA) is 81.1 Å². The van der Waals surface area contributed by atoms with Crippen LogP contribution in [0.3, 0.4) is 0 Å². The number of aromatic nitrogens is 2. The molecule has 0 radical (unpaired) electrons. The van der Waals surface area contributed by atoms with Crippen molar-refractivity contribution in [3.8, 4) is 0 Å². The summed E-state index contributed by atoms with van der Waals surface area (Å²) >= 11 is 1.03. The van der Waals surface area contributed by atoms with Gasteiger partial charge in [-0.25, -0.2) is 8.42 Å². The van der Waals surface area contributed by atoms with Gasteiger partial charge in [-0.05, 0) is 19.1 Å². The maximum absolute atomic E-state index is 11.9. The SMILES string of the molecule is CC(NC(=O)c1cnn(C)c1)c1ccc(S(=O)(=O)Cl)s1. The number of nitrogens with one attached hydrogen (secondary N) is 1. The van der Waals surface area contributed by atoms with Gasteiger partial charge in [0.15, 0.2) is 0 Å². The van der Waals surface area contributed by atoms with Gasteiger partial charge in [0.25, 0.3) is 15.0 Å². The van der Waals surface area contributed by atoms with Crippen molar-refractivity contribution in [3.63, 3.8) is 0 Å². The fourth-order valence-corrected chi connectivity index (χ4v) is 3.68. The average molecular weight is 334 g/mol. The zero-order valence-corrected chi connectivity index (χ0v) is 13.1. The highest BCUT2D eigenvalue weighted by molar-refractivity contribution is 8.15. The first-order valence-electron chi connectivity index (χ1n) is 5.61. The van der Waals surface area contributed by atoms with E-state index in [1.807, 2.05) is 0 Å². The predicted molar refractivity (Wildman–Crippen MR) is 76.4 cm³/mol. The van der Waals surface area contributed by atoms with Crippen LogP contribution in [0.5, 0.6) is 0 Å². The van der Waals surface area contributed by atoms with Gasteiger partial charge in [0, 0.05) is 28.8 Å². The van der Waals surface area contributed by atoms with Crippen LogP contribution in [0.2, 0.25) is 0 Å². The number of thiophene rings is 1. The van der Waals surface area contributed by atoms with Crippen LogP contribution >= 0.6 is 22.0 Å². The van der Waals surface area contributed by atoms with Crippen LogP contribution in [0.1, 0.15) is 28.2 Å². The molecule has 2 heterocycles. The minimum Gasteiger partial charge on any atom is -0.345 e. The molecular formula is C11H12ClN3O3S2.